The number of ketones is 1. The molecule has 0 radical (unpaired) electrons. The van der Waals surface area contributed by atoms with Crippen LogP contribution in [0, 0.1) is 0 Å². The van der Waals surface area contributed by atoms with Gasteiger partial charge in [0.05, 0.1) is 0 Å². The lowest BCUT2D eigenvalue weighted by molar-refractivity contribution is 0.0555. The van der Waals surface area contributed by atoms with Gasteiger partial charge in [0.2, 0.25) is 0 Å². The molecule has 4 nitrogen and oxygen atoms in total. The molecule has 100 valence electrons. The molecule has 0 fully saturated rings. The minimum Gasteiger partial charge on any atom is -0.450 e. The van der Waals surface area contributed by atoms with Crippen LogP contribution in [0.1, 0.15) is 44.0 Å². The number of hydrogen-bond acceptors (Lipinski definition) is 3. The second-order valence-electron chi connectivity index (χ2n) is 3.91. The second-order valence-corrected chi connectivity index (χ2v) is 3.91. The second kappa shape index (κ2) is 9.22. The third-order valence-corrected chi connectivity index (χ3v) is 2.18. The number of ether oxygens (including phenoxy) is 1. The van der Waals surface area contributed by atoms with Crippen molar-refractivity contribution >= 4 is 11.9 Å². The fourth-order valence-electron chi connectivity index (χ4n) is 1.31. The average Bonchev–Trinajstić information content (AvgIpc) is 2.30. The largest absolute Gasteiger partial charge is 0.506 e. The zero-order chi connectivity index (χ0) is 14.0. The zero-order valence-electron chi connectivity index (χ0n) is 11.1. The third-order valence-electron chi connectivity index (χ3n) is 2.18. The predicted octanol–water partition coefficient (Wildman–Crippen LogP) is 3.76. The molecular weight excluding hydrogens is 232 g/mol. The molecule has 1 rings (SSSR count). The summed E-state index contributed by atoms with van der Waals surface area (Å²) in [5.41, 5.74) is 0.775. The van der Waals surface area contributed by atoms with Crippen LogP contribution in [-0.2, 0) is 4.74 Å². The van der Waals surface area contributed by atoms with Gasteiger partial charge in [-0.05, 0) is 20.3 Å². The van der Waals surface area contributed by atoms with Crippen molar-refractivity contribution in [2.45, 2.75) is 39.7 Å². The highest BCUT2D eigenvalue weighted by molar-refractivity contribution is 5.93. The third kappa shape index (κ3) is 8.33. The van der Waals surface area contributed by atoms with Crippen molar-refractivity contribution in [2.24, 2.45) is 0 Å². The molecule has 0 aliphatic heterocycles. The molecule has 1 atom stereocenters. The van der Waals surface area contributed by atoms with Gasteiger partial charge in [0.15, 0.2) is 5.78 Å². The van der Waals surface area contributed by atoms with Crippen LogP contribution >= 0.6 is 0 Å². The molecule has 1 aromatic rings. The van der Waals surface area contributed by atoms with Gasteiger partial charge < -0.3 is 9.84 Å². The molecule has 1 unspecified atom stereocenters. The van der Waals surface area contributed by atoms with E-state index in [-0.39, 0.29) is 11.9 Å². The number of Topliss-reactive ketones (excluding diaryl/α,β-unsaturated/α-hetero) is 1. The normalized spacial score (nSPS) is 10.8. The van der Waals surface area contributed by atoms with Crippen molar-refractivity contribution in [2.75, 3.05) is 0 Å². The maximum absolute atomic E-state index is 10.6. The number of benzene rings is 1. The fourth-order valence-corrected chi connectivity index (χ4v) is 1.31. The van der Waals surface area contributed by atoms with E-state index in [2.05, 4.69) is 4.74 Å². The van der Waals surface area contributed by atoms with Crippen LogP contribution in [0.2, 0.25) is 0 Å². The standard InChI is InChI=1S/C8H8O.C6H12O3/c1-7(9)8-5-3-2-4-6-8;1-3-4-5(2)9-6(7)8/h2-6H,1H3;5H,3-4H2,1-2H3,(H,7,8). The van der Waals surface area contributed by atoms with E-state index in [4.69, 9.17) is 5.11 Å². The number of carboxylic acid groups (broad SMARTS) is 1. The highest BCUT2D eigenvalue weighted by Gasteiger charge is 2.04. The summed E-state index contributed by atoms with van der Waals surface area (Å²) in [6, 6.07) is 9.23. The quantitative estimate of drug-likeness (QED) is 0.654. The van der Waals surface area contributed by atoms with Gasteiger partial charge in [-0.15, -0.1) is 0 Å². The van der Waals surface area contributed by atoms with Crippen LogP contribution in [-0.4, -0.2) is 23.1 Å². The summed E-state index contributed by atoms with van der Waals surface area (Å²) >= 11 is 0. The number of carbonyl (C=O) groups is 2. The van der Waals surface area contributed by atoms with Crippen molar-refractivity contribution in [1.82, 2.24) is 0 Å². The summed E-state index contributed by atoms with van der Waals surface area (Å²) in [4.78, 5) is 20.5. The van der Waals surface area contributed by atoms with Crippen molar-refractivity contribution in [1.29, 1.82) is 0 Å². The van der Waals surface area contributed by atoms with Gasteiger partial charge in [0.1, 0.15) is 6.10 Å². The van der Waals surface area contributed by atoms with E-state index in [0.717, 1.165) is 18.4 Å². The van der Waals surface area contributed by atoms with Crippen molar-refractivity contribution in [3.8, 4) is 0 Å². The Morgan fingerprint density at radius 3 is 2.17 bits per heavy atom. The minimum atomic E-state index is -1.18. The van der Waals surface area contributed by atoms with Crippen LogP contribution in [0.5, 0.6) is 0 Å². The van der Waals surface area contributed by atoms with E-state index in [9.17, 15) is 9.59 Å². The molecule has 0 saturated heterocycles. The van der Waals surface area contributed by atoms with E-state index in [1.165, 1.54) is 0 Å². The predicted molar refractivity (Wildman–Crippen MR) is 69.9 cm³/mol. The highest BCUT2D eigenvalue weighted by Crippen LogP contribution is 1.99. The van der Waals surface area contributed by atoms with Crippen molar-refractivity contribution < 1.29 is 19.4 Å². The molecule has 0 heterocycles. The maximum atomic E-state index is 10.6. The molecule has 0 aromatic heterocycles. The Morgan fingerprint density at radius 1 is 1.28 bits per heavy atom. The van der Waals surface area contributed by atoms with E-state index in [0.29, 0.717) is 0 Å². The summed E-state index contributed by atoms with van der Waals surface area (Å²) < 4.78 is 4.41. The molecule has 0 amide bonds. The smallest absolute Gasteiger partial charge is 0.450 e. The Bertz CT molecular complexity index is 359. The molecule has 18 heavy (non-hydrogen) atoms. The van der Waals surface area contributed by atoms with Crippen LogP contribution < -0.4 is 0 Å². The minimum absolute atomic E-state index is 0.121. The van der Waals surface area contributed by atoms with Gasteiger partial charge in [0.25, 0.3) is 0 Å². The molecular formula is C14H20O4. The number of rotatable bonds is 4. The summed E-state index contributed by atoms with van der Waals surface area (Å²) in [7, 11) is 0. The van der Waals surface area contributed by atoms with Crippen LogP contribution in [0.15, 0.2) is 30.3 Å². The number of hydrogen-bond donors (Lipinski definition) is 1. The first-order valence-corrected chi connectivity index (χ1v) is 5.93. The first-order chi connectivity index (χ1) is 8.47. The Balaban J connectivity index is 0.000000321. The monoisotopic (exact) mass is 252 g/mol. The Morgan fingerprint density at radius 2 is 1.83 bits per heavy atom. The molecule has 1 aromatic carbocycles. The highest BCUT2D eigenvalue weighted by atomic mass is 16.7. The molecule has 0 aliphatic carbocycles. The summed E-state index contributed by atoms with van der Waals surface area (Å²) in [6.45, 7) is 5.30. The first kappa shape index (κ1) is 16.2. The van der Waals surface area contributed by atoms with Gasteiger partial charge in [-0.1, -0.05) is 43.7 Å². The summed E-state index contributed by atoms with van der Waals surface area (Å²) in [5, 5.41) is 8.09. The lowest BCUT2D eigenvalue weighted by atomic mass is 10.2. The molecule has 0 bridgehead atoms. The van der Waals surface area contributed by atoms with Gasteiger partial charge in [0, 0.05) is 5.56 Å². The molecule has 4 heteroatoms. The van der Waals surface area contributed by atoms with Gasteiger partial charge in [-0.2, -0.15) is 0 Å². The first-order valence-electron chi connectivity index (χ1n) is 5.93. The van der Waals surface area contributed by atoms with Crippen molar-refractivity contribution in [3.63, 3.8) is 0 Å². The summed E-state index contributed by atoms with van der Waals surface area (Å²) in [5.74, 6) is 0.121. The van der Waals surface area contributed by atoms with Crippen LogP contribution in [0.25, 0.3) is 0 Å². The fraction of sp³-hybridized carbons (Fsp3) is 0.429. The molecule has 0 spiro atoms. The van der Waals surface area contributed by atoms with E-state index in [1.807, 2.05) is 37.3 Å². The molecule has 1 N–H and O–H groups in total. The van der Waals surface area contributed by atoms with Gasteiger partial charge >= 0.3 is 6.16 Å². The zero-order valence-corrected chi connectivity index (χ0v) is 11.1. The van der Waals surface area contributed by atoms with Crippen molar-refractivity contribution in [3.05, 3.63) is 35.9 Å². The lowest BCUT2D eigenvalue weighted by Gasteiger charge is -2.07. The molecule has 0 aliphatic rings. The van der Waals surface area contributed by atoms with Gasteiger partial charge in [-0.25, -0.2) is 4.79 Å². The average molecular weight is 252 g/mol. The lowest BCUT2D eigenvalue weighted by Crippen LogP contribution is -2.11. The Hall–Kier alpha value is -1.84. The summed E-state index contributed by atoms with van der Waals surface area (Å²) in [6.07, 6.45) is 0.407. The SMILES string of the molecule is CC(=O)c1ccccc1.CCCC(C)OC(=O)O. The van der Waals surface area contributed by atoms with E-state index >= 15 is 0 Å². The Kier molecular flexibility index (Phi) is 8.27. The van der Waals surface area contributed by atoms with E-state index < -0.39 is 6.16 Å². The molecule has 0 saturated carbocycles. The maximum Gasteiger partial charge on any atom is 0.506 e. The topological polar surface area (TPSA) is 63.6 Å². The number of carbonyl (C=O) groups excluding carboxylic acids is 1. The van der Waals surface area contributed by atoms with E-state index in [1.54, 1.807) is 13.8 Å². The van der Waals surface area contributed by atoms with Crippen LogP contribution in [0.4, 0.5) is 4.79 Å². The Labute approximate surface area is 108 Å². The van der Waals surface area contributed by atoms with Gasteiger partial charge in [-0.3, -0.25) is 4.79 Å². The van der Waals surface area contributed by atoms with Crippen LogP contribution in [0.3, 0.4) is 0 Å².